The van der Waals surface area contributed by atoms with Crippen molar-refractivity contribution in [3.8, 4) is 0 Å². The monoisotopic (exact) mass is 463 g/mol. The molecule has 0 atom stereocenters. The number of nitrogens with zero attached hydrogens (tertiary/aromatic N) is 1. The van der Waals surface area contributed by atoms with Gasteiger partial charge in [0.05, 0.1) is 26.2 Å². The zero-order valence-corrected chi connectivity index (χ0v) is 23.3. The maximum Gasteiger partial charge on any atom is 0.0786 e. The average Bonchev–Trinajstić information content (AvgIpc) is 2.74. The largest absolute Gasteiger partial charge is 0.344 e. The second-order valence-electron chi connectivity index (χ2n) is 9.89. The minimum atomic E-state index is 0. The Balaban J connectivity index is -0.00000392. The molecular formula is C28H64ClN2+. The van der Waals surface area contributed by atoms with E-state index in [2.05, 4.69) is 27.7 Å². The van der Waals surface area contributed by atoms with Gasteiger partial charge in [-0.25, -0.2) is 0 Å². The van der Waals surface area contributed by atoms with Gasteiger partial charge in [0.2, 0.25) is 0 Å². The van der Waals surface area contributed by atoms with Crippen molar-refractivity contribution in [3.05, 3.63) is 0 Å². The quantitative estimate of drug-likeness (QED) is 0.112. The van der Waals surface area contributed by atoms with Crippen LogP contribution in [0.2, 0.25) is 0 Å². The van der Waals surface area contributed by atoms with Gasteiger partial charge in [0.15, 0.2) is 0 Å². The first-order valence-corrected chi connectivity index (χ1v) is 14.1. The molecule has 0 saturated heterocycles. The number of halogens is 1. The fourth-order valence-electron chi connectivity index (χ4n) is 4.79. The molecule has 0 spiro atoms. The Hall–Kier alpha value is 0.210. The maximum atomic E-state index is 2.36. The summed E-state index contributed by atoms with van der Waals surface area (Å²) in [6, 6.07) is 0. The van der Waals surface area contributed by atoms with Crippen LogP contribution in [0.5, 0.6) is 0 Å². The summed E-state index contributed by atoms with van der Waals surface area (Å²) in [5.74, 6) is 0. The van der Waals surface area contributed by atoms with Crippen LogP contribution < -0.4 is 6.15 Å². The minimum absolute atomic E-state index is 0. The van der Waals surface area contributed by atoms with E-state index in [4.69, 9.17) is 0 Å². The predicted octanol–water partition coefficient (Wildman–Crippen LogP) is 10.3. The molecule has 0 aromatic carbocycles. The topological polar surface area (TPSA) is 35.0 Å². The number of hydrogen-bond acceptors (Lipinski definition) is 1. The van der Waals surface area contributed by atoms with Gasteiger partial charge < -0.3 is 10.6 Å². The van der Waals surface area contributed by atoms with Crippen LogP contribution in [-0.4, -0.2) is 30.7 Å². The van der Waals surface area contributed by atoms with Crippen molar-refractivity contribution < 1.29 is 4.48 Å². The van der Waals surface area contributed by atoms with Gasteiger partial charge in [0, 0.05) is 0 Å². The summed E-state index contributed by atoms with van der Waals surface area (Å²) in [6.07, 6.45) is 28.9. The molecule has 0 fully saturated rings. The second-order valence-corrected chi connectivity index (χ2v) is 9.89. The summed E-state index contributed by atoms with van der Waals surface area (Å²) in [5, 5.41) is 0. The third kappa shape index (κ3) is 23.2. The molecule has 0 unspecified atom stereocenters. The molecular weight excluding hydrogens is 400 g/mol. The number of quaternary nitrogens is 1. The van der Waals surface area contributed by atoms with Crippen molar-refractivity contribution in [1.29, 1.82) is 0 Å². The Morgan fingerprint density at radius 3 is 0.839 bits per heavy atom. The van der Waals surface area contributed by atoms with Gasteiger partial charge >= 0.3 is 0 Å². The first-order valence-electron chi connectivity index (χ1n) is 14.1. The van der Waals surface area contributed by atoms with Crippen LogP contribution in [0.3, 0.4) is 0 Å². The highest BCUT2D eigenvalue weighted by molar-refractivity contribution is 5.85. The summed E-state index contributed by atoms with van der Waals surface area (Å²) >= 11 is 0. The fraction of sp³-hybridized carbons (Fsp3) is 1.00. The van der Waals surface area contributed by atoms with Gasteiger partial charge in [-0.15, -0.1) is 12.4 Å². The Bertz CT molecular complexity index is 288. The highest BCUT2D eigenvalue weighted by atomic mass is 35.5. The summed E-state index contributed by atoms with van der Waals surface area (Å²) in [5.41, 5.74) is 0. The normalized spacial score (nSPS) is 11.2. The average molecular weight is 464 g/mol. The highest BCUT2D eigenvalue weighted by Gasteiger charge is 2.24. The number of unbranched alkanes of at least 4 members (excludes halogenated alkanes) is 16. The molecule has 0 aliphatic carbocycles. The van der Waals surface area contributed by atoms with Crippen molar-refractivity contribution in [2.45, 2.75) is 156 Å². The minimum Gasteiger partial charge on any atom is -0.344 e. The van der Waals surface area contributed by atoms with Crippen molar-refractivity contribution in [3.63, 3.8) is 0 Å². The molecule has 0 radical (unpaired) electrons. The Kier molecular flexibility index (Phi) is 32.6. The molecule has 192 valence electrons. The summed E-state index contributed by atoms with van der Waals surface area (Å²) < 4.78 is 1.44. The van der Waals surface area contributed by atoms with Gasteiger partial charge in [-0.05, 0) is 32.1 Å². The lowest BCUT2D eigenvalue weighted by atomic mass is 10.0. The molecule has 0 aromatic rings. The summed E-state index contributed by atoms with van der Waals surface area (Å²) in [7, 11) is 0. The molecule has 0 aromatic heterocycles. The van der Waals surface area contributed by atoms with Gasteiger partial charge in [0.25, 0.3) is 0 Å². The van der Waals surface area contributed by atoms with E-state index >= 15 is 0 Å². The predicted molar refractivity (Wildman–Crippen MR) is 147 cm³/mol. The number of rotatable bonds is 24. The highest BCUT2D eigenvalue weighted by Crippen LogP contribution is 2.18. The SMILES string of the molecule is CCCCCCCCCCCCCCCC[N+](CCCC)(CCCC)CCCC.Cl.N. The van der Waals surface area contributed by atoms with Crippen LogP contribution in [0.1, 0.15) is 156 Å². The molecule has 0 amide bonds. The van der Waals surface area contributed by atoms with E-state index in [1.54, 1.807) is 0 Å². The van der Waals surface area contributed by atoms with Crippen LogP contribution in [-0.2, 0) is 0 Å². The van der Waals surface area contributed by atoms with Gasteiger partial charge in [-0.2, -0.15) is 0 Å². The second kappa shape index (κ2) is 28.2. The van der Waals surface area contributed by atoms with E-state index in [9.17, 15) is 0 Å². The van der Waals surface area contributed by atoms with Crippen LogP contribution in [0.15, 0.2) is 0 Å². The lowest BCUT2D eigenvalue weighted by Gasteiger charge is -2.39. The lowest BCUT2D eigenvalue weighted by molar-refractivity contribution is -0.929. The first-order chi connectivity index (χ1) is 14.2. The standard InChI is InChI=1S/C28H60N.ClH.H3N/c1-5-9-13-14-15-16-17-18-19-20-21-22-23-24-28-29(25-10-6-2,26-11-7-3)27-12-8-4;;/h5-28H2,1-4H3;1H;1H3/q+1;;. The van der Waals surface area contributed by atoms with E-state index < -0.39 is 0 Å². The fourth-order valence-corrected chi connectivity index (χ4v) is 4.79. The van der Waals surface area contributed by atoms with E-state index in [1.807, 2.05) is 0 Å². The smallest absolute Gasteiger partial charge is 0.0786 e. The lowest BCUT2D eigenvalue weighted by Crippen LogP contribution is -2.50. The Morgan fingerprint density at radius 1 is 0.323 bits per heavy atom. The molecule has 0 saturated carbocycles. The van der Waals surface area contributed by atoms with E-state index in [1.165, 1.54) is 159 Å². The Morgan fingerprint density at radius 2 is 0.548 bits per heavy atom. The van der Waals surface area contributed by atoms with Crippen molar-refractivity contribution in [2.24, 2.45) is 0 Å². The zero-order chi connectivity index (χ0) is 21.5. The van der Waals surface area contributed by atoms with Crippen molar-refractivity contribution >= 4 is 12.4 Å². The van der Waals surface area contributed by atoms with Crippen LogP contribution in [0, 0.1) is 0 Å². The molecule has 0 heterocycles. The maximum absolute atomic E-state index is 2.36. The number of hydrogen-bond donors (Lipinski definition) is 1. The van der Waals surface area contributed by atoms with Crippen molar-refractivity contribution in [1.82, 2.24) is 6.15 Å². The first kappa shape index (κ1) is 35.8. The van der Waals surface area contributed by atoms with Crippen LogP contribution in [0.4, 0.5) is 0 Å². The summed E-state index contributed by atoms with van der Waals surface area (Å²) in [4.78, 5) is 0. The van der Waals surface area contributed by atoms with Crippen molar-refractivity contribution in [2.75, 3.05) is 26.2 Å². The zero-order valence-electron chi connectivity index (χ0n) is 22.5. The molecule has 3 N–H and O–H groups in total. The molecule has 0 aliphatic rings. The van der Waals surface area contributed by atoms with Gasteiger partial charge in [-0.3, -0.25) is 0 Å². The third-order valence-electron chi connectivity index (χ3n) is 6.94. The van der Waals surface area contributed by atoms with Gasteiger partial charge in [0.1, 0.15) is 0 Å². The summed E-state index contributed by atoms with van der Waals surface area (Å²) in [6.45, 7) is 15.2. The van der Waals surface area contributed by atoms with E-state index in [-0.39, 0.29) is 18.6 Å². The molecule has 3 heteroatoms. The molecule has 0 aliphatic heterocycles. The third-order valence-corrected chi connectivity index (χ3v) is 6.94. The molecule has 0 rings (SSSR count). The molecule has 0 bridgehead atoms. The van der Waals surface area contributed by atoms with E-state index in [0.29, 0.717) is 0 Å². The van der Waals surface area contributed by atoms with Crippen LogP contribution >= 0.6 is 12.4 Å². The van der Waals surface area contributed by atoms with Crippen LogP contribution in [0.25, 0.3) is 0 Å². The molecule has 2 nitrogen and oxygen atoms in total. The Labute approximate surface area is 205 Å². The molecule has 31 heavy (non-hydrogen) atoms. The van der Waals surface area contributed by atoms with Gasteiger partial charge in [-0.1, -0.05) is 124 Å². The van der Waals surface area contributed by atoms with E-state index in [0.717, 1.165) is 0 Å².